The molecule has 2 heterocycles. The number of anilines is 1. The summed E-state index contributed by atoms with van der Waals surface area (Å²) in [5.41, 5.74) is 6.61. The van der Waals surface area contributed by atoms with E-state index in [4.69, 9.17) is 5.73 Å². The predicted octanol–water partition coefficient (Wildman–Crippen LogP) is 1.45. The first-order chi connectivity index (χ1) is 7.16. The van der Waals surface area contributed by atoms with E-state index in [0.29, 0.717) is 5.13 Å². The van der Waals surface area contributed by atoms with Crippen molar-refractivity contribution in [1.82, 2.24) is 19.7 Å². The van der Waals surface area contributed by atoms with Gasteiger partial charge in [0.05, 0.1) is 15.7 Å². The lowest BCUT2D eigenvalue weighted by Crippen LogP contribution is -1.97. The number of rotatable bonds is 3. The minimum absolute atomic E-state index is 0.618. The number of nitrogens with two attached hydrogens (primary N) is 1. The van der Waals surface area contributed by atoms with E-state index in [9.17, 15) is 0 Å². The lowest BCUT2D eigenvalue weighted by Gasteiger charge is -1.98. The molecule has 0 aromatic carbocycles. The van der Waals surface area contributed by atoms with Gasteiger partial charge >= 0.3 is 0 Å². The fourth-order valence-corrected chi connectivity index (χ4v) is 3.13. The van der Waals surface area contributed by atoms with Crippen LogP contribution in [0.15, 0.2) is 10.5 Å². The maximum absolute atomic E-state index is 5.62. The Balaban J connectivity index is 2.05. The second-order valence-electron chi connectivity index (χ2n) is 3.01. The van der Waals surface area contributed by atoms with Crippen molar-refractivity contribution in [2.45, 2.75) is 16.9 Å². The smallest absolute Gasteiger partial charge is 0.181 e. The number of thioether (sulfide) groups is 1. The highest BCUT2D eigenvalue weighted by Crippen LogP contribution is 2.32. The Morgan fingerprint density at radius 1 is 1.60 bits per heavy atom. The molecule has 0 aliphatic carbocycles. The molecule has 0 amide bonds. The van der Waals surface area contributed by atoms with Crippen molar-refractivity contribution in [2.75, 3.05) is 5.73 Å². The number of nitrogens with zero attached hydrogens (tertiary/aromatic N) is 4. The molecule has 7 heteroatoms. The fourth-order valence-electron chi connectivity index (χ4n) is 1.12. The van der Waals surface area contributed by atoms with Crippen LogP contribution < -0.4 is 5.73 Å². The van der Waals surface area contributed by atoms with E-state index in [1.54, 1.807) is 22.8 Å². The molecule has 0 fully saturated rings. The molecule has 0 unspecified atom stereocenters. The molecule has 2 N–H and O–H groups in total. The van der Waals surface area contributed by atoms with Crippen LogP contribution in [0.3, 0.4) is 0 Å². The Hall–Kier alpha value is -1.08. The molecule has 0 atom stereocenters. The number of nitrogen functional groups attached to an aromatic ring is 1. The molecule has 5 nitrogen and oxygen atoms in total. The van der Waals surface area contributed by atoms with Gasteiger partial charge in [0.1, 0.15) is 12.2 Å². The molecule has 0 aliphatic heterocycles. The largest absolute Gasteiger partial charge is 0.375 e. The molecule has 0 spiro atoms. The van der Waals surface area contributed by atoms with Gasteiger partial charge in [0.2, 0.25) is 0 Å². The molecule has 15 heavy (non-hydrogen) atoms. The zero-order valence-electron chi connectivity index (χ0n) is 8.47. The van der Waals surface area contributed by atoms with Crippen molar-refractivity contribution in [3.05, 3.63) is 17.8 Å². The van der Waals surface area contributed by atoms with Gasteiger partial charge < -0.3 is 5.73 Å². The van der Waals surface area contributed by atoms with Crippen LogP contribution in [-0.2, 0) is 12.8 Å². The summed E-state index contributed by atoms with van der Waals surface area (Å²) in [5.74, 6) is 1.74. The van der Waals surface area contributed by atoms with Crippen molar-refractivity contribution in [3.8, 4) is 0 Å². The normalized spacial score (nSPS) is 10.8. The molecule has 0 aliphatic rings. The predicted molar refractivity (Wildman–Crippen MR) is 61.8 cm³/mol. The number of hydrogen-bond donors (Lipinski definition) is 1. The molecule has 2 aromatic heterocycles. The highest BCUT2D eigenvalue weighted by atomic mass is 32.2. The van der Waals surface area contributed by atoms with Crippen LogP contribution >= 0.6 is 23.1 Å². The standard InChI is InChI=1S/C8H11N5S2/c1-5-7(15-8(9)12-5)14-3-6-10-4-11-13(6)2/h4H,3H2,1-2H3,(H2,9,12). The van der Waals surface area contributed by atoms with Crippen LogP contribution in [0.1, 0.15) is 11.5 Å². The molecule has 2 rings (SSSR count). The van der Waals surface area contributed by atoms with Crippen molar-refractivity contribution >= 4 is 28.2 Å². The molecule has 0 bridgehead atoms. The van der Waals surface area contributed by atoms with Crippen molar-refractivity contribution < 1.29 is 0 Å². The van der Waals surface area contributed by atoms with Crippen LogP contribution in [0, 0.1) is 6.92 Å². The van der Waals surface area contributed by atoms with Crippen LogP contribution in [0.25, 0.3) is 0 Å². The third kappa shape index (κ3) is 2.29. The summed E-state index contributed by atoms with van der Waals surface area (Å²) in [7, 11) is 1.89. The molecule has 0 radical (unpaired) electrons. The number of hydrogen-bond acceptors (Lipinski definition) is 6. The van der Waals surface area contributed by atoms with Crippen molar-refractivity contribution in [1.29, 1.82) is 0 Å². The Labute approximate surface area is 95.7 Å². The van der Waals surface area contributed by atoms with E-state index in [2.05, 4.69) is 15.1 Å². The van der Waals surface area contributed by atoms with E-state index in [1.165, 1.54) is 11.3 Å². The second-order valence-corrected chi connectivity index (χ2v) is 5.29. The fraction of sp³-hybridized carbons (Fsp3) is 0.375. The molecular weight excluding hydrogens is 230 g/mol. The number of aryl methyl sites for hydroxylation is 2. The van der Waals surface area contributed by atoms with Crippen LogP contribution in [-0.4, -0.2) is 19.7 Å². The summed E-state index contributed by atoms with van der Waals surface area (Å²) >= 11 is 3.21. The second kappa shape index (κ2) is 4.19. The minimum atomic E-state index is 0.618. The number of aromatic nitrogens is 4. The first-order valence-corrected chi connectivity index (χ1v) is 6.15. The Bertz CT molecular complexity index is 461. The Morgan fingerprint density at radius 2 is 2.40 bits per heavy atom. The van der Waals surface area contributed by atoms with E-state index in [1.807, 2.05) is 14.0 Å². The van der Waals surface area contributed by atoms with Gasteiger partial charge in [0, 0.05) is 7.05 Å². The molecule has 0 saturated heterocycles. The van der Waals surface area contributed by atoms with Gasteiger partial charge in [-0.15, -0.1) is 11.8 Å². The molecular formula is C8H11N5S2. The van der Waals surface area contributed by atoms with E-state index >= 15 is 0 Å². The first-order valence-electron chi connectivity index (χ1n) is 4.35. The SMILES string of the molecule is Cc1nc(N)sc1SCc1ncnn1C. The van der Waals surface area contributed by atoms with Gasteiger partial charge in [0.15, 0.2) is 5.13 Å². The maximum atomic E-state index is 5.62. The van der Waals surface area contributed by atoms with Crippen LogP contribution in [0.4, 0.5) is 5.13 Å². The van der Waals surface area contributed by atoms with Gasteiger partial charge in [-0.05, 0) is 6.92 Å². The van der Waals surface area contributed by atoms with E-state index in [0.717, 1.165) is 21.5 Å². The summed E-state index contributed by atoms with van der Waals surface area (Å²) in [6.07, 6.45) is 1.56. The minimum Gasteiger partial charge on any atom is -0.375 e. The van der Waals surface area contributed by atoms with Gasteiger partial charge in [0.25, 0.3) is 0 Å². The zero-order valence-corrected chi connectivity index (χ0v) is 10.1. The van der Waals surface area contributed by atoms with Gasteiger partial charge in [-0.25, -0.2) is 9.97 Å². The van der Waals surface area contributed by atoms with Gasteiger partial charge in [-0.1, -0.05) is 11.3 Å². The summed E-state index contributed by atoms with van der Waals surface area (Å²) in [6.45, 7) is 1.96. The van der Waals surface area contributed by atoms with Crippen molar-refractivity contribution in [2.24, 2.45) is 7.05 Å². The van der Waals surface area contributed by atoms with Gasteiger partial charge in [-0.2, -0.15) is 5.10 Å². The average Bonchev–Trinajstić information content (AvgIpc) is 2.70. The molecule has 0 saturated carbocycles. The third-order valence-corrected chi connectivity index (χ3v) is 4.25. The van der Waals surface area contributed by atoms with Crippen LogP contribution in [0.2, 0.25) is 0 Å². The zero-order chi connectivity index (χ0) is 10.8. The number of thiazole rings is 1. The lowest BCUT2D eigenvalue weighted by atomic mass is 10.6. The van der Waals surface area contributed by atoms with E-state index in [-0.39, 0.29) is 0 Å². The van der Waals surface area contributed by atoms with Crippen molar-refractivity contribution in [3.63, 3.8) is 0 Å². The highest BCUT2D eigenvalue weighted by molar-refractivity contribution is 8.00. The molecule has 80 valence electrons. The third-order valence-electron chi connectivity index (χ3n) is 1.91. The summed E-state index contributed by atoms with van der Waals surface area (Å²) in [5, 5.41) is 4.63. The maximum Gasteiger partial charge on any atom is 0.181 e. The Morgan fingerprint density at radius 3 is 2.93 bits per heavy atom. The Kier molecular flexibility index (Phi) is 2.92. The quantitative estimate of drug-likeness (QED) is 0.824. The summed E-state index contributed by atoms with van der Waals surface area (Å²) in [6, 6.07) is 0. The topological polar surface area (TPSA) is 69.6 Å². The van der Waals surface area contributed by atoms with E-state index < -0.39 is 0 Å². The van der Waals surface area contributed by atoms with Crippen LogP contribution in [0.5, 0.6) is 0 Å². The average molecular weight is 241 g/mol. The molecule has 2 aromatic rings. The summed E-state index contributed by atoms with van der Waals surface area (Å²) < 4.78 is 2.92. The summed E-state index contributed by atoms with van der Waals surface area (Å²) in [4.78, 5) is 8.32. The van der Waals surface area contributed by atoms with Gasteiger partial charge in [-0.3, -0.25) is 4.68 Å². The lowest BCUT2D eigenvalue weighted by molar-refractivity contribution is 0.730. The highest BCUT2D eigenvalue weighted by Gasteiger charge is 2.08. The monoisotopic (exact) mass is 241 g/mol. The first kappa shape index (κ1) is 10.4.